The first-order chi connectivity index (χ1) is 16.4. The largest absolute Gasteiger partial charge is 0.497 e. The number of nitrogens with zero attached hydrogens (tertiary/aromatic N) is 3. The van der Waals surface area contributed by atoms with Crippen molar-refractivity contribution < 1.29 is 23.5 Å². The van der Waals surface area contributed by atoms with E-state index in [9.17, 15) is 9.59 Å². The average Bonchev–Trinajstić information content (AvgIpc) is 3.52. The van der Waals surface area contributed by atoms with E-state index in [1.54, 1.807) is 40.3 Å². The molecular formula is C26H33N3O5. The van der Waals surface area contributed by atoms with Crippen LogP contribution in [0, 0.1) is 0 Å². The van der Waals surface area contributed by atoms with Crippen molar-refractivity contribution >= 4 is 11.8 Å². The highest BCUT2D eigenvalue weighted by Crippen LogP contribution is 2.24. The van der Waals surface area contributed by atoms with E-state index in [4.69, 9.17) is 13.9 Å². The average molecular weight is 468 g/mol. The van der Waals surface area contributed by atoms with E-state index in [2.05, 4.69) is 0 Å². The molecule has 0 saturated carbocycles. The van der Waals surface area contributed by atoms with Gasteiger partial charge in [0.15, 0.2) is 0 Å². The summed E-state index contributed by atoms with van der Waals surface area (Å²) in [5.74, 6) is 1.29. The van der Waals surface area contributed by atoms with Crippen molar-refractivity contribution in [2.24, 2.45) is 7.05 Å². The van der Waals surface area contributed by atoms with Crippen LogP contribution in [0.2, 0.25) is 0 Å². The second-order valence-electron chi connectivity index (χ2n) is 8.23. The highest BCUT2D eigenvalue weighted by Gasteiger charge is 2.27. The molecule has 3 rings (SSSR count). The van der Waals surface area contributed by atoms with Crippen LogP contribution in [-0.2, 0) is 24.9 Å². The summed E-state index contributed by atoms with van der Waals surface area (Å²) in [6, 6.07) is 12.4. The lowest BCUT2D eigenvalue weighted by Crippen LogP contribution is -2.46. The van der Waals surface area contributed by atoms with Gasteiger partial charge in [0.05, 0.1) is 33.6 Å². The van der Waals surface area contributed by atoms with Crippen molar-refractivity contribution in [2.75, 3.05) is 20.8 Å². The molecule has 1 aromatic carbocycles. The summed E-state index contributed by atoms with van der Waals surface area (Å²) < 4.78 is 18.1. The quantitative estimate of drug-likeness (QED) is 0.424. The summed E-state index contributed by atoms with van der Waals surface area (Å²) in [5.41, 5.74) is 1.39. The van der Waals surface area contributed by atoms with Crippen molar-refractivity contribution in [3.63, 3.8) is 0 Å². The number of amides is 2. The first-order valence-electron chi connectivity index (χ1n) is 11.3. The predicted octanol–water partition coefficient (Wildman–Crippen LogP) is 4.11. The van der Waals surface area contributed by atoms with Gasteiger partial charge in [-0.3, -0.25) is 9.59 Å². The summed E-state index contributed by atoms with van der Waals surface area (Å²) in [6.45, 7) is 4.59. The third-order valence-electron chi connectivity index (χ3n) is 5.97. The highest BCUT2D eigenvalue weighted by atomic mass is 16.5. The van der Waals surface area contributed by atoms with Crippen LogP contribution in [0.25, 0.3) is 0 Å². The maximum Gasteiger partial charge on any atom is 0.254 e. The van der Waals surface area contributed by atoms with E-state index in [1.165, 1.54) is 14.2 Å². The first-order valence-corrected chi connectivity index (χ1v) is 11.3. The lowest BCUT2D eigenvalue weighted by molar-refractivity contribution is -0.134. The number of aryl methyl sites for hydroxylation is 1. The summed E-state index contributed by atoms with van der Waals surface area (Å²) in [4.78, 5) is 30.4. The van der Waals surface area contributed by atoms with Crippen molar-refractivity contribution in [2.45, 2.75) is 39.4 Å². The standard InChI is InChI=1S/C26H33N3O5/c1-6-19(2)29(26(31)20-13-23(32-4)15-24(14-20)33-5)18-25(30)28(17-22-10-8-12-34-22)16-21-9-7-11-27(21)3/h7-15,19H,6,16-18H2,1-5H3. The molecule has 0 N–H and O–H groups in total. The van der Waals surface area contributed by atoms with Crippen LogP contribution in [0.1, 0.15) is 42.1 Å². The van der Waals surface area contributed by atoms with Crippen LogP contribution in [0.3, 0.4) is 0 Å². The Morgan fingerprint density at radius 2 is 1.76 bits per heavy atom. The van der Waals surface area contributed by atoms with Crippen molar-refractivity contribution in [1.29, 1.82) is 0 Å². The molecule has 3 aromatic rings. The lowest BCUT2D eigenvalue weighted by atomic mass is 10.1. The van der Waals surface area contributed by atoms with Crippen LogP contribution in [0.4, 0.5) is 0 Å². The topological polar surface area (TPSA) is 77.2 Å². The van der Waals surface area contributed by atoms with Crippen molar-refractivity contribution in [3.05, 3.63) is 71.9 Å². The number of methoxy groups -OCH3 is 2. The van der Waals surface area contributed by atoms with Crippen LogP contribution >= 0.6 is 0 Å². The van der Waals surface area contributed by atoms with E-state index in [-0.39, 0.29) is 24.4 Å². The molecule has 0 aliphatic carbocycles. The molecule has 0 bridgehead atoms. The fourth-order valence-corrected chi connectivity index (χ4v) is 3.67. The minimum Gasteiger partial charge on any atom is -0.497 e. The predicted molar refractivity (Wildman–Crippen MR) is 129 cm³/mol. The van der Waals surface area contributed by atoms with E-state index in [1.807, 2.05) is 49.9 Å². The number of carbonyl (C=O) groups is 2. The van der Waals surface area contributed by atoms with E-state index in [0.717, 1.165) is 5.69 Å². The molecule has 2 aromatic heterocycles. The molecule has 0 aliphatic rings. The number of rotatable bonds is 11. The van der Waals surface area contributed by atoms with Gasteiger partial charge < -0.3 is 28.3 Å². The summed E-state index contributed by atoms with van der Waals surface area (Å²) in [7, 11) is 5.01. The summed E-state index contributed by atoms with van der Waals surface area (Å²) in [5, 5.41) is 0. The third-order valence-corrected chi connectivity index (χ3v) is 5.97. The van der Waals surface area contributed by atoms with Crippen molar-refractivity contribution in [3.8, 4) is 11.5 Å². The number of benzene rings is 1. The molecule has 0 saturated heterocycles. The second kappa shape index (κ2) is 11.4. The normalized spacial score (nSPS) is 11.7. The Morgan fingerprint density at radius 1 is 1.06 bits per heavy atom. The Kier molecular flexibility index (Phi) is 8.40. The van der Waals surface area contributed by atoms with Gasteiger partial charge in [-0.05, 0) is 49.7 Å². The number of furan rings is 1. The number of hydrogen-bond acceptors (Lipinski definition) is 5. The fourth-order valence-electron chi connectivity index (χ4n) is 3.67. The van der Waals surface area contributed by atoms with Crippen LogP contribution in [-0.4, -0.2) is 53.0 Å². The summed E-state index contributed by atoms with van der Waals surface area (Å²) >= 11 is 0. The zero-order valence-electron chi connectivity index (χ0n) is 20.5. The van der Waals surface area contributed by atoms with Gasteiger partial charge in [-0.15, -0.1) is 0 Å². The van der Waals surface area contributed by atoms with Crippen LogP contribution in [0.15, 0.2) is 59.3 Å². The maximum atomic E-state index is 13.6. The minimum absolute atomic E-state index is 0.0570. The minimum atomic E-state index is -0.253. The van der Waals surface area contributed by atoms with Gasteiger partial charge in [0, 0.05) is 36.6 Å². The van der Waals surface area contributed by atoms with Gasteiger partial charge in [0.25, 0.3) is 5.91 Å². The molecule has 0 aliphatic heterocycles. The molecule has 2 amide bonds. The van der Waals surface area contributed by atoms with Gasteiger partial charge in [0.2, 0.25) is 5.91 Å². The molecule has 0 fully saturated rings. The Bertz CT molecular complexity index is 1070. The molecule has 34 heavy (non-hydrogen) atoms. The molecule has 0 spiro atoms. The Labute approximate surface area is 200 Å². The van der Waals surface area contributed by atoms with Gasteiger partial charge in [-0.1, -0.05) is 6.92 Å². The van der Waals surface area contributed by atoms with Gasteiger partial charge in [-0.2, -0.15) is 0 Å². The Balaban J connectivity index is 1.87. The molecule has 1 unspecified atom stereocenters. The van der Waals surface area contributed by atoms with Crippen LogP contribution < -0.4 is 9.47 Å². The molecule has 0 radical (unpaired) electrons. The SMILES string of the molecule is CCC(C)N(CC(=O)N(Cc1ccco1)Cc1cccn1C)C(=O)c1cc(OC)cc(OC)c1. The number of ether oxygens (including phenoxy) is 2. The number of carbonyl (C=O) groups excluding carboxylic acids is 2. The second-order valence-corrected chi connectivity index (χ2v) is 8.23. The number of hydrogen-bond donors (Lipinski definition) is 0. The first kappa shape index (κ1) is 25.0. The molecule has 1 atom stereocenters. The van der Waals surface area contributed by atoms with E-state index >= 15 is 0 Å². The van der Waals surface area contributed by atoms with Gasteiger partial charge >= 0.3 is 0 Å². The Morgan fingerprint density at radius 3 is 2.29 bits per heavy atom. The monoisotopic (exact) mass is 467 g/mol. The van der Waals surface area contributed by atoms with Crippen LogP contribution in [0.5, 0.6) is 11.5 Å². The fraction of sp³-hybridized carbons (Fsp3) is 0.385. The van der Waals surface area contributed by atoms with Crippen molar-refractivity contribution in [1.82, 2.24) is 14.4 Å². The smallest absolute Gasteiger partial charge is 0.254 e. The maximum absolute atomic E-state index is 13.6. The molecule has 182 valence electrons. The summed E-state index contributed by atoms with van der Waals surface area (Å²) in [6.07, 6.45) is 4.23. The Hall–Kier alpha value is -3.68. The molecule has 2 heterocycles. The highest BCUT2D eigenvalue weighted by molar-refractivity contribution is 5.97. The third kappa shape index (κ3) is 6.01. The number of aromatic nitrogens is 1. The lowest BCUT2D eigenvalue weighted by Gasteiger charge is -2.31. The zero-order chi connectivity index (χ0) is 24.7. The van der Waals surface area contributed by atoms with E-state index in [0.29, 0.717) is 42.3 Å². The van der Waals surface area contributed by atoms with E-state index < -0.39 is 0 Å². The van der Waals surface area contributed by atoms with Gasteiger partial charge in [-0.25, -0.2) is 0 Å². The van der Waals surface area contributed by atoms with Gasteiger partial charge in [0.1, 0.15) is 23.8 Å². The molecule has 8 nitrogen and oxygen atoms in total. The molecule has 8 heteroatoms. The zero-order valence-corrected chi connectivity index (χ0v) is 20.5. The molecular weight excluding hydrogens is 434 g/mol.